The number of carbonyl (C=O) groups is 1. The average Bonchev–Trinajstić information content (AvgIpc) is 3.13. The van der Waals surface area contributed by atoms with Gasteiger partial charge >= 0.3 is 10.2 Å². The summed E-state index contributed by atoms with van der Waals surface area (Å²) in [5, 5.41) is 2.84. The summed E-state index contributed by atoms with van der Waals surface area (Å²) in [6, 6.07) is 5.57. The Labute approximate surface area is 202 Å². The molecule has 2 saturated heterocycles. The fourth-order valence-electron chi connectivity index (χ4n) is 4.61. The van der Waals surface area contributed by atoms with Crippen LogP contribution in [0.1, 0.15) is 52.8 Å². The number of hydrogen-bond donors (Lipinski definition) is 1. The first kappa shape index (κ1) is 24.9. The molecule has 9 nitrogen and oxygen atoms in total. The van der Waals surface area contributed by atoms with Crippen LogP contribution in [-0.2, 0) is 31.7 Å². The number of rotatable bonds is 7. The molecule has 0 radical (unpaired) electrons. The highest BCUT2D eigenvalue weighted by molar-refractivity contribution is 7.90. The van der Waals surface area contributed by atoms with Crippen molar-refractivity contribution in [2.45, 2.75) is 65.0 Å². The summed E-state index contributed by atoms with van der Waals surface area (Å²) in [4.78, 5) is 16.5. The predicted octanol–water partition coefficient (Wildman–Crippen LogP) is 2.65. The molecule has 1 aromatic heterocycles. The second-order valence-electron chi connectivity index (χ2n) is 10.4. The number of amides is 1. The van der Waals surface area contributed by atoms with Gasteiger partial charge in [-0.1, -0.05) is 27.7 Å². The highest BCUT2D eigenvalue weighted by Gasteiger charge is 2.39. The number of aromatic nitrogens is 2. The van der Waals surface area contributed by atoms with Crippen LogP contribution in [-0.4, -0.2) is 67.6 Å². The zero-order valence-corrected chi connectivity index (χ0v) is 21.7. The van der Waals surface area contributed by atoms with Crippen LogP contribution in [0.5, 0.6) is 0 Å². The molecule has 0 unspecified atom stereocenters. The topological polar surface area (TPSA) is 96.8 Å². The quantitative estimate of drug-likeness (QED) is 0.642. The van der Waals surface area contributed by atoms with Gasteiger partial charge in [-0.3, -0.25) is 9.10 Å². The molecule has 1 N–H and O–H groups in total. The number of anilines is 1. The summed E-state index contributed by atoms with van der Waals surface area (Å²) in [7, 11) is -2.12. The van der Waals surface area contributed by atoms with Crippen LogP contribution in [0, 0.1) is 5.92 Å². The molecule has 0 bridgehead atoms. The van der Waals surface area contributed by atoms with E-state index in [9.17, 15) is 13.2 Å². The molecule has 0 aliphatic carbocycles. The van der Waals surface area contributed by atoms with E-state index < -0.39 is 10.2 Å². The monoisotopic (exact) mass is 491 g/mol. The molecule has 10 heteroatoms. The second-order valence-corrected chi connectivity index (χ2v) is 12.4. The molecule has 2 aliphatic heterocycles. The largest absolute Gasteiger partial charge is 0.381 e. The Morgan fingerprint density at radius 3 is 2.53 bits per heavy atom. The van der Waals surface area contributed by atoms with Crippen molar-refractivity contribution in [3.05, 3.63) is 24.0 Å². The maximum Gasteiger partial charge on any atom is 0.303 e. The molecule has 0 spiro atoms. The van der Waals surface area contributed by atoms with Crippen molar-refractivity contribution in [2.75, 3.05) is 37.7 Å². The molecule has 0 saturated carbocycles. The van der Waals surface area contributed by atoms with Gasteiger partial charge in [0.25, 0.3) is 0 Å². The van der Waals surface area contributed by atoms with E-state index in [1.807, 2.05) is 18.2 Å². The molecule has 0 atom stereocenters. The van der Waals surface area contributed by atoms with Crippen LogP contribution in [0.2, 0.25) is 0 Å². The number of fused-ring (bicyclic) bond motifs is 1. The van der Waals surface area contributed by atoms with Crippen molar-refractivity contribution in [2.24, 2.45) is 5.92 Å². The van der Waals surface area contributed by atoms with E-state index in [2.05, 4.69) is 30.7 Å². The summed E-state index contributed by atoms with van der Waals surface area (Å²) in [6.07, 6.45) is 2.47. The van der Waals surface area contributed by atoms with E-state index in [-0.39, 0.29) is 30.5 Å². The summed E-state index contributed by atoms with van der Waals surface area (Å²) < 4.78 is 36.8. The van der Waals surface area contributed by atoms with Crippen molar-refractivity contribution in [1.82, 2.24) is 19.2 Å². The van der Waals surface area contributed by atoms with Gasteiger partial charge in [-0.15, -0.1) is 0 Å². The van der Waals surface area contributed by atoms with Crippen LogP contribution in [0.4, 0.5) is 5.69 Å². The minimum absolute atomic E-state index is 0.0631. The Hall–Kier alpha value is -2.17. The summed E-state index contributed by atoms with van der Waals surface area (Å²) in [6.45, 7) is 11.3. The van der Waals surface area contributed by atoms with E-state index in [0.29, 0.717) is 18.0 Å². The SMILES string of the molecule is CCC(=O)NC1CN(S(=O)(=O)N(C)c2ccc3c(c2)nc(C(C)(C)C)n3CC2CCOCC2)C1. The zero-order chi connectivity index (χ0) is 24.7. The van der Waals surface area contributed by atoms with Crippen LogP contribution in [0.3, 0.4) is 0 Å². The maximum atomic E-state index is 13.1. The number of nitrogens with one attached hydrogen (secondary N) is 1. The molecular weight excluding hydrogens is 454 g/mol. The van der Waals surface area contributed by atoms with Crippen LogP contribution in [0.15, 0.2) is 18.2 Å². The van der Waals surface area contributed by atoms with Gasteiger partial charge in [-0.2, -0.15) is 12.7 Å². The van der Waals surface area contributed by atoms with Gasteiger partial charge in [-0.25, -0.2) is 4.98 Å². The van der Waals surface area contributed by atoms with Crippen LogP contribution >= 0.6 is 0 Å². The Kier molecular flexibility index (Phi) is 6.94. The number of imidazole rings is 1. The van der Waals surface area contributed by atoms with Crippen LogP contribution < -0.4 is 9.62 Å². The zero-order valence-electron chi connectivity index (χ0n) is 20.9. The molecule has 2 fully saturated rings. The van der Waals surface area contributed by atoms with Crippen molar-refractivity contribution >= 4 is 32.8 Å². The molecule has 2 aliphatic rings. The fourth-order valence-corrected chi connectivity index (χ4v) is 6.08. The van der Waals surface area contributed by atoms with Gasteiger partial charge in [0.1, 0.15) is 5.82 Å². The lowest BCUT2D eigenvalue weighted by Gasteiger charge is -2.40. The molecule has 1 aromatic carbocycles. The fraction of sp³-hybridized carbons (Fsp3) is 0.667. The number of hydrogen-bond acceptors (Lipinski definition) is 5. The van der Waals surface area contributed by atoms with E-state index in [1.54, 1.807) is 14.0 Å². The lowest BCUT2D eigenvalue weighted by atomic mass is 9.94. The van der Waals surface area contributed by atoms with Gasteiger partial charge < -0.3 is 14.6 Å². The minimum atomic E-state index is -3.69. The van der Waals surface area contributed by atoms with Crippen molar-refractivity contribution in [1.29, 1.82) is 0 Å². The Morgan fingerprint density at radius 2 is 1.91 bits per heavy atom. The van der Waals surface area contributed by atoms with Crippen molar-refractivity contribution < 1.29 is 17.9 Å². The minimum Gasteiger partial charge on any atom is -0.381 e. The Balaban J connectivity index is 1.57. The number of benzene rings is 1. The number of carbonyl (C=O) groups excluding carboxylic acids is 1. The lowest BCUT2D eigenvalue weighted by molar-refractivity contribution is -0.122. The van der Waals surface area contributed by atoms with E-state index in [1.165, 1.54) is 8.61 Å². The first-order valence-corrected chi connectivity index (χ1v) is 13.5. The molecule has 4 rings (SSSR count). The summed E-state index contributed by atoms with van der Waals surface area (Å²) >= 11 is 0. The highest BCUT2D eigenvalue weighted by atomic mass is 32.2. The number of nitrogens with zero attached hydrogens (tertiary/aromatic N) is 4. The van der Waals surface area contributed by atoms with E-state index in [0.717, 1.165) is 49.5 Å². The van der Waals surface area contributed by atoms with Crippen molar-refractivity contribution in [3.63, 3.8) is 0 Å². The normalized spacial score (nSPS) is 18.7. The standard InChI is InChI=1S/C24H37N5O4S/c1-6-22(30)25-18-15-28(16-18)34(31,32)27(5)19-7-8-21-20(13-19)26-23(24(2,3)4)29(21)14-17-9-11-33-12-10-17/h7-8,13,17-18H,6,9-12,14-16H2,1-5H3,(H,25,30). The molecule has 188 valence electrons. The highest BCUT2D eigenvalue weighted by Crippen LogP contribution is 2.32. The maximum absolute atomic E-state index is 13.1. The Bertz CT molecular complexity index is 1140. The Morgan fingerprint density at radius 1 is 1.24 bits per heavy atom. The van der Waals surface area contributed by atoms with Gasteiger partial charge in [0.05, 0.1) is 22.8 Å². The third-order valence-electron chi connectivity index (χ3n) is 6.75. The molecule has 34 heavy (non-hydrogen) atoms. The first-order valence-electron chi connectivity index (χ1n) is 12.1. The lowest BCUT2D eigenvalue weighted by Crippen LogP contribution is -2.63. The second kappa shape index (κ2) is 9.47. The molecule has 3 heterocycles. The summed E-state index contributed by atoms with van der Waals surface area (Å²) in [5.74, 6) is 1.49. The van der Waals surface area contributed by atoms with Gasteiger partial charge in [0, 0.05) is 51.7 Å². The van der Waals surface area contributed by atoms with Crippen molar-refractivity contribution in [3.8, 4) is 0 Å². The molecule has 1 amide bonds. The van der Waals surface area contributed by atoms with Gasteiger partial charge in [-0.05, 0) is 37.0 Å². The third-order valence-corrected chi connectivity index (χ3v) is 8.61. The van der Waals surface area contributed by atoms with Crippen LogP contribution in [0.25, 0.3) is 11.0 Å². The smallest absolute Gasteiger partial charge is 0.303 e. The summed E-state index contributed by atoms with van der Waals surface area (Å²) in [5.41, 5.74) is 2.26. The third kappa shape index (κ3) is 4.94. The van der Waals surface area contributed by atoms with E-state index in [4.69, 9.17) is 9.72 Å². The average molecular weight is 492 g/mol. The predicted molar refractivity (Wildman–Crippen MR) is 133 cm³/mol. The molecule has 2 aromatic rings. The van der Waals surface area contributed by atoms with Gasteiger partial charge in [0.2, 0.25) is 5.91 Å². The van der Waals surface area contributed by atoms with Gasteiger partial charge in [0.15, 0.2) is 0 Å². The van der Waals surface area contributed by atoms with E-state index >= 15 is 0 Å². The molecular formula is C24H37N5O4S. The first-order chi connectivity index (χ1) is 16.0. The number of ether oxygens (including phenoxy) is 1.